The van der Waals surface area contributed by atoms with Gasteiger partial charge >= 0.3 is 0 Å². The predicted molar refractivity (Wildman–Crippen MR) is 241 cm³/mol. The standard InChI is InChI=1S/C56H35N3/c1-3-16-38(17-4-1)53-57-54(39-18-5-2-6-19-39)59-55(58-53)40-29-27-37(28-30-40)52-42-20-8-7-15-36(42)31-33-43(52)41-32-34-47-46-23-11-14-26-50(46)56(51(47)35-41)48-24-12-9-21-44(48)45-22-10-13-25-49(45)56/h1-35H. The van der Waals surface area contributed by atoms with Crippen molar-refractivity contribution in [2.24, 2.45) is 0 Å². The van der Waals surface area contributed by atoms with Crippen LogP contribution in [-0.4, -0.2) is 15.0 Å². The molecule has 59 heavy (non-hydrogen) atoms. The van der Waals surface area contributed by atoms with E-state index in [-0.39, 0.29) is 0 Å². The van der Waals surface area contributed by atoms with E-state index in [1.54, 1.807) is 0 Å². The minimum atomic E-state index is -0.407. The second kappa shape index (κ2) is 13.2. The van der Waals surface area contributed by atoms with Crippen LogP contribution in [0.4, 0.5) is 0 Å². The van der Waals surface area contributed by atoms with E-state index in [0.717, 1.165) is 22.3 Å². The molecule has 12 rings (SSSR count). The highest BCUT2D eigenvalue weighted by molar-refractivity contribution is 6.05. The van der Waals surface area contributed by atoms with Crippen molar-refractivity contribution in [3.8, 4) is 78.7 Å². The molecule has 2 aliphatic carbocycles. The van der Waals surface area contributed by atoms with Gasteiger partial charge in [0.15, 0.2) is 17.5 Å². The highest BCUT2D eigenvalue weighted by Crippen LogP contribution is 2.63. The summed E-state index contributed by atoms with van der Waals surface area (Å²) in [6.45, 7) is 0. The highest BCUT2D eigenvalue weighted by atomic mass is 15.0. The molecule has 0 amide bonds. The predicted octanol–water partition coefficient (Wildman–Crippen LogP) is 13.7. The summed E-state index contributed by atoms with van der Waals surface area (Å²) in [6, 6.07) is 76.5. The first-order valence-electron chi connectivity index (χ1n) is 20.2. The van der Waals surface area contributed by atoms with Crippen LogP contribution in [0.25, 0.3) is 89.4 Å². The third-order valence-electron chi connectivity index (χ3n) is 12.4. The van der Waals surface area contributed by atoms with Crippen molar-refractivity contribution in [2.45, 2.75) is 5.41 Å². The molecule has 0 aliphatic heterocycles. The van der Waals surface area contributed by atoms with Gasteiger partial charge in [0.25, 0.3) is 0 Å². The van der Waals surface area contributed by atoms with Gasteiger partial charge in [-0.15, -0.1) is 0 Å². The monoisotopic (exact) mass is 749 g/mol. The number of aromatic nitrogens is 3. The van der Waals surface area contributed by atoms with Gasteiger partial charge in [0, 0.05) is 16.7 Å². The Morgan fingerprint density at radius 2 is 0.678 bits per heavy atom. The largest absolute Gasteiger partial charge is 0.208 e. The van der Waals surface area contributed by atoms with Gasteiger partial charge in [-0.3, -0.25) is 0 Å². The highest BCUT2D eigenvalue weighted by Gasteiger charge is 2.51. The first kappa shape index (κ1) is 33.4. The second-order valence-corrected chi connectivity index (χ2v) is 15.5. The van der Waals surface area contributed by atoms with Gasteiger partial charge in [0.2, 0.25) is 0 Å². The van der Waals surface area contributed by atoms with E-state index in [1.165, 1.54) is 72.0 Å². The maximum absolute atomic E-state index is 5.01. The van der Waals surface area contributed by atoms with Crippen molar-refractivity contribution in [1.82, 2.24) is 15.0 Å². The van der Waals surface area contributed by atoms with E-state index in [2.05, 4.69) is 152 Å². The normalized spacial score (nSPS) is 12.9. The number of rotatable bonds is 5. The Morgan fingerprint density at radius 3 is 1.24 bits per heavy atom. The van der Waals surface area contributed by atoms with Gasteiger partial charge in [-0.2, -0.15) is 0 Å². The molecule has 3 heteroatoms. The Labute approximate surface area is 343 Å². The van der Waals surface area contributed by atoms with Crippen molar-refractivity contribution >= 4 is 10.8 Å². The van der Waals surface area contributed by atoms with Gasteiger partial charge in [-0.1, -0.05) is 206 Å². The van der Waals surface area contributed by atoms with E-state index in [1.807, 2.05) is 60.7 Å². The number of hydrogen-bond donors (Lipinski definition) is 0. The molecule has 0 unspecified atom stereocenters. The van der Waals surface area contributed by atoms with Gasteiger partial charge in [0.05, 0.1) is 5.41 Å². The molecule has 1 aromatic heterocycles. The lowest BCUT2D eigenvalue weighted by Gasteiger charge is -2.30. The van der Waals surface area contributed by atoms with Crippen LogP contribution in [-0.2, 0) is 5.41 Å². The summed E-state index contributed by atoms with van der Waals surface area (Å²) in [5.41, 5.74) is 17.8. The topological polar surface area (TPSA) is 38.7 Å². The summed E-state index contributed by atoms with van der Waals surface area (Å²) in [4.78, 5) is 14.9. The van der Waals surface area contributed by atoms with Crippen molar-refractivity contribution in [2.75, 3.05) is 0 Å². The third kappa shape index (κ3) is 5.05. The van der Waals surface area contributed by atoms with E-state index in [0.29, 0.717) is 17.5 Å². The lowest BCUT2D eigenvalue weighted by molar-refractivity contribution is 0.794. The molecule has 0 atom stereocenters. The van der Waals surface area contributed by atoms with Crippen molar-refractivity contribution in [3.63, 3.8) is 0 Å². The van der Waals surface area contributed by atoms with E-state index in [4.69, 9.17) is 15.0 Å². The van der Waals surface area contributed by atoms with Crippen molar-refractivity contribution < 1.29 is 0 Å². The van der Waals surface area contributed by atoms with Gasteiger partial charge in [-0.25, -0.2) is 15.0 Å². The molecule has 9 aromatic carbocycles. The van der Waals surface area contributed by atoms with Crippen LogP contribution < -0.4 is 0 Å². The van der Waals surface area contributed by atoms with Crippen LogP contribution in [0.15, 0.2) is 212 Å². The van der Waals surface area contributed by atoms with Crippen LogP contribution >= 0.6 is 0 Å². The SMILES string of the molecule is c1ccc(-c2nc(-c3ccccc3)nc(-c3ccc(-c4c(-c5ccc6c(c5)C5(c7ccccc7-c7ccccc75)c5ccccc5-6)ccc5ccccc45)cc3)n2)cc1. The number of nitrogens with zero attached hydrogens (tertiary/aromatic N) is 3. The molecule has 1 spiro atoms. The van der Waals surface area contributed by atoms with Crippen LogP contribution in [0, 0.1) is 0 Å². The molecule has 0 radical (unpaired) electrons. The minimum Gasteiger partial charge on any atom is -0.208 e. The minimum absolute atomic E-state index is 0.407. The first-order chi connectivity index (χ1) is 29.3. The smallest absolute Gasteiger partial charge is 0.164 e. The molecule has 0 saturated carbocycles. The molecule has 2 aliphatic rings. The Kier molecular flexibility index (Phi) is 7.45. The quantitative estimate of drug-likeness (QED) is 0.176. The second-order valence-electron chi connectivity index (χ2n) is 15.5. The zero-order chi connectivity index (χ0) is 38.9. The number of hydrogen-bond acceptors (Lipinski definition) is 3. The molecule has 10 aromatic rings. The van der Waals surface area contributed by atoms with E-state index < -0.39 is 5.41 Å². The Balaban J connectivity index is 1.03. The maximum atomic E-state index is 5.01. The summed E-state index contributed by atoms with van der Waals surface area (Å²) in [7, 11) is 0. The van der Waals surface area contributed by atoms with E-state index in [9.17, 15) is 0 Å². The Hall–Kier alpha value is -7.75. The average molecular weight is 750 g/mol. The molecule has 274 valence electrons. The first-order valence-corrected chi connectivity index (χ1v) is 20.2. The molecule has 3 nitrogen and oxygen atoms in total. The molecular formula is C56H35N3. The number of benzene rings is 9. The fourth-order valence-electron chi connectivity index (χ4n) is 9.81. The molecule has 0 saturated heterocycles. The summed E-state index contributed by atoms with van der Waals surface area (Å²) in [6.07, 6.45) is 0. The zero-order valence-corrected chi connectivity index (χ0v) is 32.0. The van der Waals surface area contributed by atoms with Gasteiger partial charge in [-0.05, 0) is 83.6 Å². The molecule has 1 heterocycles. The lowest BCUT2D eigenvalue weighted by atomic mass is 9.70. The van der Waals surface area contributed by atoms with Gasteiger partial charge < -0.3 is 0 Å². The third-order valence-corrected chi connectivity index (χ3v) is 12.4. The lowest BCUT2D eigenvalue weighted by Crippen LogP contribution is -2.25. The van der Waals surface area contributed by atoms with Gasteiger partial charge in [0.1, 0.15) is 0 Å². The molecule has 0 N–H and O–H groups in total. The van der Waals surface area contributed by atoms with Crippen LogP contribution in [0.2, 0.25) is 0 Å². The zero-order valence-electron chi connectivity index (χ0n) is 32.0. The van der Waals surface area contributed by atoms with Crippen LogP contribution in [0.5, 0.6) is 0 Å². The molecule has 0 bridgehead atoms. The van der Waals surface area contributed by atoms with Crippen LogP contribution in [0.1, 0.15) is 22.3 Å². The summed E-state index contributed by atoms with van der Waals surface area (Å²) in [5, 5.41) is 2.42. The Morgan fingerprint density at radius 1 is 0.271 bits per heavy atom. The average Bonchev–Trinajstić information content (AvgIpc) is 3.79. The molecular weight excluding hydrogens is 715 g/mol. The summed E-state index contributed by atoms with van der Waals surface area (Å²) in [5.74, 6) is 1.95. The fraction of sp³-hybridized carbons (Fsp3) is 0.0179. The van der Waals surface area contributed by atoms with Crippen molar-refractivity contribution in [1.29, 1.82) is 0 Å². The fourth-order valence-corrected chi connectivity index (χ4v) is 9.81. The Bertz CT molecular complexity index is 3140. The van der Waals surface area contributed by atoms with Crippen molar-refractivity contribution in [3.05, 3.63) is 235 Å². The summed E-state index contributed by atoms with van der Waals surface area (Å²) < 4.78 is 0. The summed E-state index contributed by atoms with van der Waals surface area (Å²) >= 11 is 0. The maximum Gasteiger partial charge on any atom is 0.164 e. The molecule has 0 fully saturated rings. The van der Waals surface area contributed by atoms with E-state index >= 15 is 0 Å². The van der Waals surface area contributed by atoms with Crippen LogP contribution in [0.3, 0.4) is 0 Å². The number of fused-ring (bicyclic) bond motifs is 11.